The average Bonchev–Trinajstić information content (AvgIpc) is 2.45. The normalized spacial score (nSPS) is 16.9. The Hall–Kier alpha value is -0.470. The molecule has 0 aromatic heterocycles. The smallest absolute Gasteiger partial charge is 0.0205 e. The van der Waals surface area contributed by atoms with E-state index in [-0.39, 0.29) is 0 Å². The van der Waals surface area contributed by atoms with Crippen molar-refractivity contribution in [2.45, 2.75) is 50.0 Å². The van der Waals surface area contributed by atoms with Gasteiger partial charge in [0.1, 0.15) is 0 Å². The summed E-state index contributed by atoms with van der Waals surface area (Å²) in [4.78, 5) is 1.35. The van der Waals surface area contributed by atoms with Gasteiger partial charge >= 0.3 is 0 Å². The van der Waals surface area contributed by atoms with Crippen LogP contribution in [-0.4, -0.2) is 12.8 Å². The Kier molecular flexibility index (Phi) is 6.09. The maximum absolute atomic E-state index is 3.58. The van der Waals surface area contributed by atoms with Crippen molar-refractivity contribution in [3.8, 4) is 0 Å². The summed E-state index contributed by atoms with van der Waals surface area (Å²) in [7, 11) is 0. The summed E-state index contributed by atoms with van der Waals surface area (Å²) in [5.41, 5.74) is 1.40. The maximum Gasteiger partial charge on any atom is 0.0205 e. The second kappa shape index (κ2) is 7.85. The van der Waals surface area contributed by atoms with Crippen LogP contribution in [0.5, 0.6) is 0 Å². The molecule has 0 atom stereocenters. The summed E-state index contributed by atoms with van der Waals surface area (Å²) in [6.07, 6.45) is 10.8. The third-order valence-electron chi connectivity index (χ3n) is 3.94. The average molecular weight is 263 g/mol. The van der Waals surface area contributed by atoms with Crippen LogP contribution in [0.15, 0.2) is 29.2 Å². The van der Waals surface area contributed by atoms with Crippen LogP contribution in [0.4, 0.5) is 0 Å². The van der Waals surface area contributed by atoms with E-state index >= 15 is 0 Å². The molecule has 2 heteroatoms. The topological polar surface area (TPSA) is 12.0 Å². The largest absolute Gasteiger partial charge is 0.313 e. The monoisotopic (exact) mass is 263 g/mol. The third kappa shape index (κ3) is 4.66. The minimum absolute atomic E-state index is 0.991. The maximum atomic E-state index is 3.58. The first-order chi connectivity index (χ1) is 8.88. The molecular weight excluding hydrogens is 238 g/mol. The molecule has 1 nitrogen and oxygen atoms in total. The second-order valence-corrected chi connectivity index (χ2v) is 6.20. The van der Waals surface area contributed by atoms with E-state index in [2.05, 4.69) is 35.8 Å². The summed E-state index contributed by atoms with van der Waals surface area (Å²) >= 11 is 1.80. The molecule has 0 amide bonds. The molecule has 0 heterocycles. The van der Waals surface area contributed by atoms with Crippen molar-refractivity contribution >= 4 is 11.8 Å². The first-order valence-corrected chi connectivity index (χ1v) is 8.44. The number of nitrogens with one attached hydrogen (secondary N) is 1. The molecule has 1 aliphatic carbocycles. The van der Waals surface area contributed by atoms with E-state index < -0.39 is 0 Å². The Bertz CT molecular complexity index is 327. The van der Waals surface area contributed by atoms with Crippen molar-refractivity contribution in [2.24, 2.45) is 5.92 Å². The van der Waals surface area contributed by atoms with Crippen molar-refractivity contribution in [2.75, 3.05) is 12.8 Å². The molecule has 0 aliphatic heterocycles. The Balaban J connectivity index is 1.62. The molecule has 0 saturated heterocycles. The van der Waals surface area contributed by atoms with Gasteiger partial charge in [-0.2, -0.15) is 0 Å². The molecule has 0 unspecified atom stereocenters. The number of hydrogen-bond donors (Lipinski definition) is 1. The molecule has 1 saturated carbocycles. The Labute approximate surface area is 116 Å². The molecule has 1 N–H and O–H groups in total. The summed E-state index contributed by atoms with van der Waals surface area (Å²) in [5, 5.41) is 3.58. The van der Waals surface area contributed by atoms with Crippen molar-refractivity contribution < 1.29 is 0 Å². The molecular formula is C16H25NS. The summed E-state index contributed by atoms with van der Waals surface area (Å²) in [6.45, 7) is 2.19. The van der Waals surface area contributed by atoms with Gasteiger partial charge in [0.15, 0.2) is 0 Å². The molecule has 1 aromatic rings. The predicted octanol–water partition coefficient (Wildman–Crippen LogP) is 4.47. The van der Waals surface area contributed by atoms with Gasteiger partial charge in [0.2, 0.25) is 0 Å². The van der Waals surface area contributed by atoms with Crippen LogP contribution in [0.1, 0.15) is 44.1 Å². The van der Waals surface area contributed by atoms with Crippen LogP contribution in [0.3, 0.4) is 0 Å². The van der Waals surface area contributed by atoms with Crippen molar-refractivity contribution in [3.05, 3.63) is 29.8 Å². The zero-order chi connectivity index (χ0) is 12.6. The van der Waals surface area contributed by atoms with E-state index in [1.165, 1.54) is 55.5 Å². The van der Waals surface area contributed by atoms with E-state index in [4.69, 9.17) is 0 Å². The van der Waals surface area contributed by atoms with Gasteiger partial charge in [-0.15, -0.1) is 11.8 Å². The van der Waals surface area contributed by atoms with E-state index in [0.717, 1.165) is 12.5 Å². The van der Waals surface area contributed by atoms with Crippen LogP contribution >= 0.6 is 11.8 Å². The molecule has 18 heavy (non-hydrogen) atoms. The standard InChI is InChI=1S/C16H25NS/c1-18-16-9-7-15(8-10-16)13-17-12-11-14-5-3-2-4-6-14/h7-10,14,17H,2-6,11-13H2,1H3. The molecule has 1 aromatic carbocycles. The highest BCUT2D eigenvalue weighted by molar-refractivity contribution is 7.98. The highest BCUT2D eigenvalue weighted by Gasteiger charge is 2.12. The lowest BCUT2D eigenvalue weighted by Crippen LogP contribution is -2.19. The van der Waals surface area contributed by atoms with Crippen molar-refractivity contribution in [3.63, 3.8) is 0 Å². The van der Waals surface area contributed by atoms with Gasteiger partial charge in [-0.3, -0.25) is 0 Å². The fourth-order valence-electron chi connectivity index (χ4n) is 2.76. The quantitative estimate of drug-likeness (QED) is 0.600. The minimum Gasteiger partial charge on any atom is -0.313 e. The van der Waals surface area contributed by atoms with Crippen LogP contribution in [0, 0.1) is 5.92 Å². The van der Waals surface area contributed by atoms with Crippen LogP contribution < -0.4 is 5.32 Å². The highest BCUT2D eigenvalue weighted by atomic mass is 32.2. The van der Waals surface area contributed by atoms with Gasteiger partial charge in [-0.1, -0.05) is 44.2 Å². The lowest BCUT2D eigenvalue weighted by atomic mass is 9.87. The van der Waals surface area contributed by atoms with E-state index in [0.29, 0.717) is 0 Å². The van der Waals surface area contributed by atoms with E-state index in [1.54, 1.807) is 11.8 Å². The number of hydrogen-bond acceptors (Lipinski definition) is 2. The fraction of sp³-hybridized carbons (Fsp3) is 0.625. The molecule has 1 aliphatic rings. The Morgan fingerprint density at radius 2 is 1.83 bits per heavy atom. The zero-order valence-corrected chi connectivity index (χ0v) is 12.3. The van der Waals surface area contributed by atoms with Gasteiger partial charge in [-0.05, 0) is 42.8 Å². The molecule has 2 rings (SSSR count). The lowest BCUT2D eigenvalue weighted by molar-refractivity contribution is 0.334. The SMILES string of the molecule is CSc1ccc(CNCCC2CCCCC2)cc1. The molecule has 1 fully saturated rings. The molecule has 0 radical (unpaired) electrons. The Morgan fingerprint density at radius 1 is 1.11 bits per heavy atom. The van der Waals surface area contributed by atoms with Gasteiger partial charge in [0, 0.05) is 11.4 Å². The minimum atomic E-state index is 0.991. The number of benzene rings is 1. The molecule has 100 valence electrons. The third-order valence-corrected chi connectivity index (χ3v) is 4.69. The summed E-state index contributed by atoms with van der Waals surface area (Å²) in [5.74, 6) is 0.991. The van der Waals surface area contributed by atoms with Gasteiger partial charge in [0.05, 0.1) is 0 Å². The Morgan fingerprint density at radius 3 is 2.50 bits per heavy atom. The van der Waals surface area contributed by atoms with Crippen LogP contribution in [0.2, 0.25) is 0 Å². The lowest BCUT2D eigenvalue weighted by Gasteiger charge is -2.21. The van der Waals surface area contributed by atoms with Gasteiger partial charge in [-0.25, -0.2) is 0 Å². The first-order valence-electron chi connectivity index (χ1n) is 7.22. The molecule has 0 spiro atoms. The summed E-state index contributed by atoms with van der Waals surface area (Å²) in [6, 6.07) is 8.89. The first kappa shape index (κ1) is 14.0. The second-order valence-electron chi connectivity index (χ2n) is 5.32. The van der Waals surface area contributed by atoms with E-state index in [9.17, 15) is 0 Å². The van der Waals surface area contributed by atoms with Gasteiger partial charge < -0.3 is 5.32 Å². The van der Waals surface area contributed by atoms with E-state index in [1.807, 2.05) is 0 Å². The van der Waals surface area contributed by atoms with Crippen molar-refractivity contribution in [1.29, 1.82) is 0 Å². The highest BCUT2D eigenvalue weighted by Crippen LogP contribution is 2.25. The van der Waals surface area contributed by atoms with Gasteiger partial charge in [0.25, 0.3) is 0 Å². The number of thioether (sulfide) groups is 1. The van der Waals surface area contributed by atoms with Crippen molar-refractivity contribution in [1.82, 2.24) is 5.32 Å². The van der Waals surface area contributed by atoms with Crippen LogP contribution in [0.25, 0.3) is 0 Å². The number of rotatable bonds is 6. The molecule has 0 bridgehead atoms. The summed E-state index contributed by atoms with van der Waals surface area (Å²) < 4.78 is 0. The van der Waals surface area contributed by atoms with Crippen LogP contribution in [-0.2, 0) is 6.54 Å². The predicted molar refractivity (Wildman–Crippen MR) is 81.1 cm³/mol. The fourth-order valence-corrected chi connectivity index (χ4v) is 3.17. The zero-order valence-electron chi connectivity index (χ0n) is 11.5.